The molecular weight excluding hydrogens is 274 g/mol. The lowest BCUT2D eigenvalue weighted by molar-refractivity contribution is 0.0690. The van der Waals surface area contributed by atoms with Crippen molar-refractivity contribution in [2.24, 2.45) is 0 Å². The Labute approximate surface area is 113 Å². The lowest BCUT2D eigenvalue weighted by atomic mass is 10.2. The van der Waals surface area contributed by atoms with Crippen molar-refractivity contribution in [1.82, 2.24) is 4.98 Å². The predicted octanol–water partition coefficient (Wildman–Crippen LogP) is 3.48. The van der Waals surface area contributed by atoms with Crippen LogP contribution >= 0.6 is 22.9 Å². The van der Waals surface area contributed by atoms with Gasteiger partial charge in [-0.3, -0.25) is 0 Å². The highest BCUT2D eigenvalue weighted by Crippen LogP contribution is 2.33. The molecule has 0 fully saturated rings. The zero-order chi connectivity index (χ0) is 13.3. The molecule has 0 atom stereocenters. The van der Waals surface area contributed by atoms with Gasteiger partial charge >= 0.3 is 5.97 Å². The van der Waals surface area contributed by atoms with Gasteiger partial charge in [0.1, 0.15) is 10.8 Å². The number of nitrogens with zero attached hydrogens (tertiary/aromatic N) is 1. The van der Waals surface area contributed by atoms with Gasteiger partial charge < -0.3 is 9.84 Å². The molecule has 4 nitrogen and oxygen atoms in total. The van der Waals surface area contributed by atoms with Crippen LogP contribution in [-0.4, -0.2) is 23.2 Å². The number of benzene rings is 1. The second-order valence-corrected chi connectivity index (χ2v) is 5.19. The Morgan fingerprint density at radius 2 is 2.22 bits per heavy atom. The number of rotatable bonds is 3. The van der Waals surface area contributed by atoms with E-state index in [2.05, 4.69) is 4.98 Å². The van der Waals surface area contributed by atoms with Gasteiger partial charge in [-0.25, -0.2) is 9.78 Å². The molecule has 0 saturated carbocycles. The SMILES string of the molecule is COc1ccc(-c2nc(C(=O)O)c(C)s2)cc1Cl. The van der Waals surface area contributed by atoms with E-state index in [1.807, 2.05) is 0 Å². The summed E-state index contributed by atoms with van der Waals surface area (Å²) < 4.78 is 5.06. The Morgan fingerprint density at radius 3 is 2.72 bits per heavy atom. The highest BCUT2D eigenvalue weighted by molar-refractivity contribution is 7.15. The van der Waals surface area contributed by atoms with E-state index in [4.69, 9.17) is 21.4 Å². The molecule has 0 aliphatic heterocycles. The van der Waals surface area contributed by atoms with Crippen LogP contribution in [0.1, 0.15) is 15.4 Å². The van der Waals surface area contributed by atoms with Gasteiger partial charge in [-0.2, -0.15) is 0 Å². The number of halogens is 1. The molecule has 2 aromatic rings. The Hall–Kier alpha value is -1.59. The summed E-state index contributed by atoms with van der Waals surface area (Å²) in [5.74, 6) is -0.443. The molecule has 1 N–H and O–H groups in total. The van der Waals surface area contributed by atoms with E-state index in [1.165, 1.54) is 18.4 Å². The van der Waals surface area contributed by atoms with Crippen LogP contribution in [-0.2, 0) is 0 Å². The van der Waals surface area contributed by atoms with E-state index in [9.17, 15) is 4.79 Å². The van der Waals surface area contributed by atoms with E-state index in [0.29, 0.717) is 20.7 Å². The standard InChI is InChI=1S/C12H10ClNO3S/c1-6-10(12(15)16)14-11(18-6)7-3-4-9(17-2)8(13)5-7/h3-5H,1-2H3,(H,15,16). The monoisotopic (exact) mass is 283 g/mol. The predicted molar refractivity (Wildman–Crippen MR) is 70.8 cm³/mol. The molecule has 1 aromatic heterocycles. The van der Waals surface area contributed by atoms with Crippen LogP contribution < -0.4 is 4.74 Å². The van der Waals surface area contributed by atoms with Crippen LogP contribution in [0.4, 0.5) is 0 Å². The molecular formula is C12H10ClNO3S. The number of hydrogen-bond donors (Lipinski definition) is 1. The zero-order valence-corrected chi connectivity index (χ0v) is 11.3. The van der Waals surface area contributed by atoms with Crippen LogP contribution in [0.5, 0.6) is 5.75 Å². The second-order valence-electron chi connectivity index (χ2n) is 3.58. The summed E-state index contributed by atoms with van der Waals surface area (Å²) in [6, 6.07) is 5.24. The number of aryl methyl sites for hydroxylation is 1. The molecule has 0 aliphatic rings. The first-order chi connectivity index (χ1) is 8.52. The van der Waals surface area contributed by atoms with Crippen molar-refractivity contribution in [3.05, 3.63) is 33.8 Å². The summed E-state index contributed by atoms with van der Waals surface area (Å²) in [5, 5.41) is 10.1. The maximum atomic E-state index is 10.9. The van der Waals surface area contributed by atoms with Crippen LogP contribution in [0.3, 0.4) is 0 Å². The van der Waals surface area contributed by atoms with E-state index >= 15 is 0 Å². The van der Waals surface area contributed by atoms with Gasteiger partial charge in [0.15, 0.2) is 5.69 Å². The van der Waals surface area contributed by atoms with Gasteiger partial charge in [0, 0.05) is 10.4 Å². The van der Waals surface area contributed by atoms with Crippen molar-refractivity contribution in [1.29, 1.82) is 0 Å². The van der Waals surface area contributed by atoms with Gasteiger partial charge in [0.25, 0.3) is 0 Å². The fourth-order valence-electron chi connectivity index (χ4n) is 1.52. The first-order valence-corrected chi connectivity index (χ1v) is 6.27. The molecule has 18 heavy (non-hydrogen) atoms. The van der Waals surface area contributed by atoms with Gasteiger partial charge in [0.2, 0.25) is 0 Å². The third-order valence-corrected chi connectivity index (χ3v) is 3.71. The molecule has 0 spiro atoms. The molecule has 2 rings (SSSR count). The average Bonchev–Trinajstić information content (AvgIpc) is 2.71. The number of methoxy groups -OCH3 is 1. The van der Waals surface area contributed by atoms with Crippen molar-refractivity contribution < 1.29 is 14.6 Å². The number of aromatic carboxylic acids is 1. The molecule has 0 radical (unpaired) electrons. The zero-order valence-electron chi connectivity index (χ0n) is 9.73. The minimum atomic E-state index is -1.02. The highest BCUT2D eigenvalue weighted by Gasteiger charge is 2.15. The summed E-state index contributed by atoms with van der Waals surface area (Å²) in [4.78, 5) is 15.7. The summed E-state index contributed by atoms with van der Waals surface area (Å²) in [6.07, 6.45) is 0. The largest absolute Gasteiger partial charge is 0.495 e. The van der Waals surface area contributed by atoms with E-state index in [0.717, 1.165) is 5.56 Å². The summed E-state index contributed by atoms with van der Waals surface area (Å²) in [5.41, 5.74) is 0.864. The Morgan fingerprint density at radius 1 is 1.50 bits per heavy atom. The third-order valence-electron chi connectivity index (χ3n) is 2.40. The van der Waals surface area contributed by atoms with Crippen LogP contribution in [0.2, 0.25) is 5.02 Å². The van der Waals surface area contributed by atoms with Gasteiger partial charge in [-0.1, -0.05) is 11.6 Å². The topological polar surface area (TPSA) is 59.4 Å². The van der Waals surface area contributed by atoms with E-state index < -0.39 is 5.97 Å². The third kappa shape index (κ3) is 2.32. The molecule has 1 aromatic carbocycles. The van der Waals surface area contributed by atoms with Gasteiger partial charge in [-0.15, -0.1) is 11.3 Å². The summed E-state index contributed by atoms with van der Waals surface area (Å²) in [6.45, 7) is 1.73. The molecule has 0 amide bonds. The molecule has 0 bridgehead atoms. The van der Waals surface area contributed by atoms with Crippen LogP contribution in [0.25, 0.3) is 10.6 Å². The van der Waals surface area contributed by atoms with Crippen LogP contribution in [0.15, 0.2) is 18.2 Å². The smallest absolute Gasteiger partial charge is 0.355 e. The highest BCUT2D eigenvalue weighted by atomic mass is 35.5. The lowest BCUT2D eigenvalue weighted by Gasteiger charge is -2.03. The molecule has 0 unspecified atom stereocenters. The fraction of sp³-hybridized carbons (Fsp3) is 0.167. The number of carboxylic acid groups (broad SMARTS) is 1. The Balaban J connectivity index is 2.46. The summed E-state index contributed by atoms with van der Waals surface area (Å²) >= 11 is 7.35. The number of carboxylic acids is 1. The Bertz CT molecular complexity index is 609. The summed E-state index contributed by atoms with van der Waals surface area (Å²) in [7, 11) is 1.54. The molecule has 1 heterocycles. The maximum Gasteiger partial charge on any atom is 0.355 e. The number of thiazole rings is 1. The quantitative estimate of drug-likeness (QED) is 0.937. The van der Waals surface area contributed by atoms with E-state index in [-0.39, 0.29) is 5.69 Å². The van der Waals surface area contributed by atoms with Gasteiger partial charge in [-0.05, 0) is 25.1 Å². The second kappa shape index (κ2) is 4.96. The first kappa shape index (κ1) is 12.9. The van der Waals surface area contributed by atoms with Crippen molar-refractivity contribution in [3.63, 3.8) is 0 Å². The minimum Gasteiger partial charge on any atom is -0.495 e. The van der Waals surface area contributed by atoms with Crippen molar-refractivity contribution >= 4 is 28.9 Å². The molecule has 0 aliphatic carbocycles. The minimum absolute atomic E-state index is 0.0851. The number of carbonyl (C=O) groups is 1. The fourth-order valence-corrected chi connectivity index (χ4v) is 2.68. The molecule has 0 saturated heterocycles. The number of ether oxygens (including phenoxy) is 1. The van der Waals surface area contributed by atoms with Crippen molar-refractivity contribution in [3.8, 4) is 16.3 Å². The van der Waals surface area contributed by atoms with E-state index in [1.54, 1.807) is 25.1 Å². The van der Waals surface area contributed by atoms with Crippen molar-refractivity contribution in [2.45, 2.75) is 6.92 Å². The first-order valence-electron chi connectivity index (χ1n) is 5.07. The van der Waals surface area contributed by atoms with Crippen molar-refractivity contribution in [2.75, 3.05) is 7.11 Å². The molecule has 6 heteroatoms. The Kier molecular flexibility index (Phi) is 3.54. The lowest BCUT2D eigenvalue weighted by Crippen LogP contribution is -1.98. The number of aromatic nitrogens is 1. The normalized spacial score (nSPS) is 10.4. The van der Waals surface area contributed by atoms with Gasteiger partial charge in [0.05, 0.1) is 12.1 Å². The average molecular weight is 284 g/mol. The maximum absolute atomic E-state index is 10.9. The van der Waals surface area contributed by atoms with Crippen LogP contribution in [0, 0.1) is 6.92 Å². The number of hydrogen-bond acceptors (Lipinski definition) is 4. The molecule has 94 valence electrons.